The van der Waals surface area contributed by atoms with Gasteiger partial charge in [0.25, 0.3) is 0 Å². The molecule has 0 amide bonds. The van der Waals surface area contributed by atoms with Crippen LogP contribution in [0.15, 0.2) is 36.4 Å². The molecule has 82 valence electrons. The van der Waals surface area contributed by atoms with Crippen LogP contribution in [0.25, 0.3) is 11.1 Å². The minimum Gasteiger partial charge on any atom is -0.207 e. The third kappa shape index (κ3) is 2.49. The molecule has 2 rings (SSSR count). The zero-order chi connectivity index (χ0) is 11.7. The molecule has 0 aliphatic heterocycles. The second-order valence-electron chi connectivity index (χ2n) is 3.28. The van der Waals surface area contributed by atoms with Crippen molar-refractivity contribution in [3.63, 3.8) is 0 Å². The highest BCUT2D eigenvalue weighted by molar-refractivity contribution is 6.36. The summed E-state index contributed by atoms with van der Waals surface area (Å²) in [6, 6.07) is 9.28. The lowest BCUT2D eigenvalue weighted by Gasteiger charge is -2.06. The molecular weight excluding hydrogens is 269 g/mol. The van der Waals surface area contributed by atoms with Gasteiger partial charge in [-0.05, 0) is 42.0 Å². The Kier molecular flexibility index (Phi) is 3.38. The maximum Gasteiger partial charge on any atom is 0.124 e. The van der Waals surface area contributed by atoms with Crippen LogP contribution in [0.5, 0.6) is 0 Å². The Bertz CT molecular complexity index is 518. The number of benzene rings is 2. The van der Waals surface area contributed by atoms with Crippen molar-refractivity contribution in [1.82, 2.24) is 0 Å². The molecule has 0 aliphatic carbocycles. The van der Waals surface area contributed by atoms with Gasteiger partial charge in [0.2, 0.25) is 0 Å². The molecule has 16 heavy (non-hydrogen) atoms. The van der Waals surface area contributed by atoms with Crippen LogP contribution >= 0.6 is 34.8 Å². The molecule has 0 aromatic heterocycles. The fraction of sp³-hybridized carbons (Fsp3) is 0. The Balaban J connectivity index is 2.58. The second kappa shape index (κ2) is 4.62. The lowest BCUT2D eigenvalue weighted by Crippen LogP contribution is -1.82. The lowest BCUT2D eigenvalue weighted by atomic mass is 10.1. The standard InChI is InChI=1S/C12H6Cl3F/c13-8-3-7(4-9(14)5-8)11-2-1-10(16)6-12(11)15/h1-6H. The largest absolute Gasteiger partial charge is 0.207 e. The van der Waals surface area contributed by atoms with Crippen molar-refractivity contribution in [1.29, 1.82) is 0 Å². The molecule has 4 heteroatoms. The van der Waals surface area contributed by atoms with Gasteiger partial charge in [0.05, 0.1) is 5.02 Å². The van der Waals surface area contributed by atoms with E-state index in [0.29, 0.717) is 20.6 Å². The Morgan fingerprint density at radius 3 is 2.00 bits per heavy atom. The number of hydrogen-bond donors (Lipinski definition) is 0. The van der Waals surface area contributed by atoms with Crippen LogP contribution in [0, 0.1) is 5.82 Å². The van der Waals surface area contributed by atoms with Crippen LogP contribution in [0.2, 0.25) is 15.1 Å². The SMILES string of the molecule is Fc1ccc(-c2cc(Cl)cc(Cl)c2)c(Cl)c1. The van der Waals surface area contributed by atoms with Gasteiger partial charge in [-0.2, -0.15) is 0 Å². The first-order valence-corrected chi connectivity index (χ1v) is 5.61. The molecule has 0 aliphatic rings. The fourth-order valence-corrected chi connectivity index (χ4v) is 2.24. The first kappa shape index (κ1) is 11.7. The van der Waals surface area contributed by atoms with Gasteiger partial charge in [-0.1, -0.05) is 34.8 Å². The molecule has 0 heterocycles. The Morgan fingerprint density at radius 2 is 1.44 bits per heavy atom. The summed E-state index contributed by atoms with van der Waals surface area (Å²) in [4.78, 5) is 0. The van der Waals surface area contributed by atoms with E-state index in [9.17, 15) is 4.39 Å². The highest BCUT2D eigenvalue weighted by atomic mass is 35.5. The topological polar surface area (TPSA) is 0 Å². The van der Waals surface area contributed by atoms with Crippen molar-refractivity contribution < 1.29 is 4.39 Å². The molecule has 0 spiro atoms. The Morgan fingerprint density at radius 1 is 0.812 bits per heavy atom. The first-order chi connectivity index (χ1) is 7.56. The zero-order valence-electron chi connectivity index (χ0n) is 7.98. The molecule has 0 saturated heterocycles. The van der Waals surface area contributed by atoms with Gasteiger partial charge in [0.15, 0.2) is 0 Å². The van der Waals surface area contributed by atoms with E-state index >= 15 is 0 Å². The van der Waals surface area contributed by atoms with E-state index in [4.69, 9.17) is 34.8 Å². The smallest absolute Gasteiger partial charge is 0.124 e. The van der Waals surface area contributed by atoms with E-state index in [0.717, 1.165) is 5.56 Å². The van der Waals surface area contributed by atoms with Crippen LogP contribution in [0.3, 0.4) is 0 Å². The molecule has 2 aromatic carbocycles. The third-order valence-electron chi connectivity index (χ3n) is 2.10. The minimum absolute atomic E-state index is 0.332. The van der Waals surface area contributed by atoms with Crippen molar-refractivity contribution in [2.45, 2.75) is 0 Å². The van der Waals surface area contributed by atoms with Gasteiger partial charge in [-0.3, -0.25) is 0 Å². The molecule has 0 atom stereocenters. The number of hydrogen-bond acceptors (Lipinski definition) is 0. The molecule has 0 bridgehead atoms. The van der Waals surface area contributed by atoms with E-state index < -0.39 is 0 Å². The monoisotopic (exact) mass is 274 g/mol. The molecule has 0 fully saturated rings. The number of halogens is 4. The molecule has 2 aromatic rings. The van der Waals surface area contributed by atoms with Gasteiger partial charge < -0.3 is 0 Å². The normalized spacial score (nSPS) is 10.5. The summed E-state index contributed by atoms with van der Waals surface area (Å²) >= 11 is 17.7. The van der Waals surface area contributed by atoms with Gasteiger partial charge in [0.1, 0.15) is 5.82 Å². The summed E-state index contributed by atoms with van der Waals surface area (Å²) in [6.45, 7) is 0. The first-order valence-electron chi connectivity index (χ1n) is 4.48. The third-order valence-corrected chi connectivity index (χ3v) is 2.85. The summed E-state index contributed by atoms with van der Waals surface area (Å²) in [7, 11) is 0. The maximum absolute atomic E-state index is 12.9. The van der Waals surface area contributed by atoms with Crippen molar-refractivity contribution >= 4 is 34.8 Å². The molecule has 0 saturated carbocycles. The van der Waals surface area contributed by atoms with E-state index in [2.05, 4.69) is 0 Å². The highest BCUT2D eigenvalue weighted by Crippen LogP contribution is 2.32. The summed E-state index contributed by atoms with van der Waals surface area (Å²) in [5, 5.41) is 1.36. The van der Waals surface area contributed by atoms with Gasteiger partial charge in [0, 0.05) is 15.6 Å². The summed E-state index contributed by atoms with van der Waals surface area (Å²) in [5.74, 6) is -0.373. The summed E-state index contributed by atoms with van der Waals surface area (Å²) in [6.07, 6.45) is 0. The summed E-state index contributed by atoms with van der Waals surface area (Å²) < 4.78 is 12.9. The number of rotatable bonds is 1. The molecule has 0 radical (unpaired) electrons. The highest BCUT2D eigenvalue weighted by Gasteiger charge is 2.06. The van der Waals surface area contributed by atoms with E-state index in [1.165, 1.54) is 12.1 Å². The minimum atomic E-state index is -0.373. The van der Waals surface area contributed by atoms with Crippen molar-refractivity contribution in [3.05, 3.63) is 57.3 Å². The average Bonchev–Trinajstić information content (AvgIpc) is 2.15. The van der Waals surface area contributed by atoms with Gasteiger partial charge in [-0.25, -0.2) is 4.39 Å². The van der Waals surface area contributed by atoms with Crippen LogP contribution in [0.1, 0.15) is 0 Å². The molecule has 0 unspecified atom stereocenters. The van der Waals surface area contributed by atoms with E-state index in [1.54, 1.807) is 24.3 Å². The Hall–Kier alpha value is -0.760. The predicted octanol–water partition coefficient (Wildman–Crippen LogP) is 5.45. The molecule has 0 nitrogen and oxygen atoms in total. The Labute approximate surface area is 108 Å². The predicted molar refractivity (Wildman–Crippen MR) is 66.9 cm³/mol. The van der Waals surface area contributed by atoms with E-state index in [-0.39, 0.29) is 5.82 Å². The average molecular weight is 276 g/mol. The maximum atomic E-state index is 12.9. The molecular formula is C12H6Cl3F. The molecule has 0 N–H and O–H groups in total. The van der Waals surface area contributed by atoms with Crippen molar-refractivity contribution in [3.8, 4) is 11.1 Å². The zero-order valence-corrected chi connectivity index (χ0v) is 10.2. The van der Waals surface area contributed by atoms with Crippen molar-refractivity contribution in [2.24, 2.45) is 0 Å². The van der Waals surface area contributed by atoms with Crippen LogP contribution in [-0.2, 0) is 0 Å². The second-order valence-corrected chi connectivity index (χ2v) is 4.56. The van der Waals surface area contributed by atoms with E-state index in [1.807, 2.05) is 0 Å². The summed E-state index contributed by atoms with van der Waals surface area (Å²) in [5.41, 5.74) is 1.47. The van der Waals surface area contributed by atoms with Crippen LogP contribution < -0.4 is 0 Å². The van der Waals surface area contributed by atoms with Crippen molar-refractivity contribution in [2.75, 3.05) is 0 Å². The van der Waals surface area contributed by atoms with Crippen LogP contribution in [0.4, 0.5) is 4.39 Å². The quantitative estimate of drug-likeness (QED) is 0.649. The fourth-order valence-electron chi connectivity index (χ4n) is 1.43. The van der Waals surface area contributed by atoms with Crippen LogP contribution in [-0.4, -0.2) is 0 Å². The van der Waals surface area contributed by atoms with Gasteiger partial charge in [-0.15, -0.1) is 0 Å². The lowest BCUT2D eigenvalue weighted by molar-refractivity contribution is 0.628. The van der Waals surface area contributed by atoms with Gasteiger partial charge >= 0.3 is 0 Å².